The molecule has 198 valence electrons. The minimum absolute atomic E-state index is 0.0522. The molecule has 2 aromatic carbocycles. The highest BCUT2D eigenvalue weighted by Crippen LogP contribution is 2.41. The average molecular weight is 510 g/mol. The summed E-state index contributed by atoms with van der Waals surface area (Å²) in [7, 11) is 2.65. The van der Waals surface area contributed by atoms with E-state index in [-0.39, 0.29) is 40.5 Å². The predicted molar refractivity (Wildman–Crippen MR) is 123 cm³/mol. The maximum absolute atomic E-state index is 11.8. The maximum Gasteiger partial charge on any atom is 0.335 e. The SMILES string of the molecule is COc1cc(C[C@@H](CO)c2cc(C(=O)O)cc(OC)c2O[C@@H]2O[C@H](CO)[C@@H](O)[C@H](O)[C@H]2O)ccc1O. The van der Waals surface area contributed by atoms with Crippen molar-refractivity contribution in [1.29, 1.82) is 0 Å². The number of rotatable bonds is 10. The highest BCUT2D eigenvalue weighted by Gasteiger charge is 2.45. The van der Waals surface area contributed by atoms with E-state index >= 15 is 0 Å². The number of aliphatic hydroxyl groups is 5. The normalized spacial score (nSPS) is 24.7. The number of benzene rings is 2. The van der Waals surface area contributed by atoms with Crippen LogP contribution in [0.4, 0.5) is 0 Å². The molecule has 36 heavy (non-hydrogen) atoms. The Kier molecular flexibility index (Phi) is 8.95. The fraction of sp³-hybridized carbons (Fsp3) is 0.458. The smallest absolute Gasteiger partial charge is 0.335 e. The fourth-order valence-corrected chi connectivity index (χ4v) is 4.02. The molecule has 0 bridgehead atoms. The summed E-state index contributed by atoms with van der Waals surface area (Å²) in [4.78, 5) is 11.8. The molecule has 0 saturated carbocycles. The molecule has 0 radical (unpaired) electrons. The first kappa shape index (κ1) is 27.5. The lowest BCUT2D eigenvalue weighted by atomic mass is 9.90. The number of hydrogen-bond donors (Lipinski definition) is 7. The number of phenolic OH excluding ortho intramolecular Hbond substituents is 1. The van der Waals surface area contributed by atoms with Gasteiger partial charge in [0.05, 0.1) is 33.0 Å². The van der Waals surface area contributed by atoms with Crippen LogP contribution in [0.5, 0.6) is 23.0 Å². The highest BCUT2D eigenvalue weighted by molar-refractivity contribution is 5.89. The van der Waals surface area contributed by atoms with Crippen LogP contribution < -0.4 is 14.2 Å². The minimum Gasteiger partial charge on any atom is -0.504 e. The summed E-state index contributed by atoms with van der Waals surface area (Å²) in [5.74, 6) is -2.02. The van der Waals surface area contributed by atoms with Gasteiger partial charge in [0.25, 0.3) is 0 Å². The monoisotopic (exact) mass is 510 g/mol. The van der Waals surface area contributed by atoms with Crippen molar-refractivity contribution in [3.8, 4) is 23.0 Å². The van der Waals surface area contributed by atoms with Crippen LogP contribution in [0.25, 0.3) is 0 Å². The third-order valence-corrected chi connectivity index (χ3v) is 6.02. The second-order valence-corrected chi connectivity index (χ2v) is 8.31. The summed E-state index contributed by atoms with van der Waals surface area (Å²) in [6, 6.07) is 7.06. The number of hydrogen-bond acceptors (Lipinski definition) is 11. The Morgan fingerprint density at radius 3 is 2.28 bits per heavy atom. The Morgan fingerprint density at radius 1 is 1.00 bits per heavy atom. The quantitative estimate of drug-likeness (QED) is 0.219. The van der Waals surface area contributed by atoms with Crippen molar-refractivity contribution < 1.29 is 59.5 Å². The van der Waals surface area contributed by atoms with Crippen LogP contribution in [-0.2, 0) is 11.2 Å². The summed E-state index contributed by atoms with van der Waals surface area (Å²) in [5, 5.41) is 69.8. The number of carboxylic acids is 1. The molecule has 2 aromatic rings. The fourth-order valence-electron chi connectivity index (χ4n) is 4.02. The van der Waals surface area contributed by atoms with E-state index in [0.717, 1.165) is 0 Å². The van der Waals surface area contributed by atoms with Crippen molar-refractivity contribution in [2.24, 2.45) is 0 Å². The first-order valence-electron chi connectivity index (χ1n) is 11.0. The topological polar surface area (TPSA) is 196 Å². The average Bonchev–Trinajstić information content (AvgIpc) is 2.88. The molecule has 12 nitrogen and oxygen atoms in total. The third-order valence-electron chi connectivity index (χ3n) is 6.02. The van der Waals surface area contributed by atoms with Crippen molar-refractivity contribution in [3.05, 3.63) is 47.0 Å². The Balaban J connectivity index is 2.06. The van der Waals surface area contributed by atoms with Crippen LogP contribution in [0.1, 0.15) is 27.4 Å². The minimum atomic E-state index is -1.73. The number of aliphatic hydroxyl groups excluding tert-OH is 5. The largest absolute Gasteiger partial charge is 0.504 e. The zero-order valence-corrected chi connectivity index (χ0v) is 19.6. The van der Waals surface area contributed by atoms with Gasteiger partial charge in [-0.25, -0.2) is 4.79 Å². The Hall–Kier alpha value is -3.13. The number of methoxy groups -OCH3 is 2. The lowest BCUT2D eigenvalue weighted by Gasteiger charge is -2.40. The molecule has 12 heteroatoms. The first-order valence-corrected chi connectivity index (χ1v) is 11.0. The molecular weight excluding hydrogens is 480 g/mol. The van der Waals surface area contributed by atoms with Gasteiger partial charge in [0.15, 0.2) is 23.0 Å². The molecule has 1 saturated heterocycles. The van der Waals surface area contributed by atoms with Gasteiger partial charge in [0, 0.05) is 11.5 Å². The van der Waals surface area contributed by atoms with E-state index in [0.29, 0.717) is 5.56 Å². The van der Waals surface area contributed by atoms with Crippen LogP contribution in [0.2, 0.25) is 0 Å². The zero-order valence-electron chi connectivity index (χ0n) is 19.6. The van der Waals surface area contributed by atoms with Crippen LogP contribution >= 0.6 is 0 Å². The molecule has 0 spiro atoms. The molecule has 0 aliphatic carbocycles. The van der Waals surface area contributed by atoms with E-state index < -0.39 is 55.8 Å². The van der Waals surface area contributed by atoms with Gasteiger partial charge >= 0.3 is 5.97 Å². The molecular formula is C24H30O12. The van der Waals surface area contributed by atoms with Crippen LogP contribution in [0.3, 0.4) is 0 Å². The number of phenols is 1. The van der Waals surface area contributed by atoms with E-state index in [2.05, 4.69) is 0 Å². The molecule has 6 atom stereocenters. The van der Waals surface area contributed by atoms with Gasteiger partial charge in [-0.3, -0.25) is 0 Å². The van der Waals surface area contributed by atoms with Gasteiger partial charge in [-0.1, -0.05) is 6.07 Å². The molecule has 1 heterocycles. The van der Waals surface area contributed by atoms with Crippen molar-refractivity contribution in [2.75, 3.05) is 27.4 Å². The second-order valence-electron chi connectivity index (χ2n) is 8.31. The number of carboxylic acid groups (broad SMARTS) is 1. The van der Waals surface area contributed by atoms with Gasteiger partial charge in [-0.2, -0.15) is 0 Å². The van der Waals surface area contributed by atoms with E-state index in [4.69, 9.17) is 18.9 Å². The van der Waals surface area contributed by atoms with Crippen molar-refractivity contribution in [3.63, 3.8) is 0 Å². The molecule has 0 aromatic heterocycles. The highest BCUT2D eigenvalue weighted by atomic mass is 16.7. The van der Waals surface area contributed by atoms with E-state index in [1.54, 1.807) is 12.1 Å². The van der Waals surface area contributed by atoms with Gasteiger partial charge in [0.2, 0.25) is 6.29 Å². The first-order chi connectivity index (χ1) is 17.1. The van der Waals surface area contributed by atoms with Gasteiger partial charge in [0.1, 0.15) is 24.4 Å². The molecule has 0 amide bonds. The number of carbonyl (C=O) groups is 1. The molecule has 7 N–H and O–H groups in total. The summed E-state index contributed by atoms with van der Waals surface area (Å²) in [6.07, 6.45) is -7.68. The van der Waals surface area contributed by atoms with E-state index in [1.165, 1.54) is 32.4 Å². The maximum atomic E-state index is 11.8. The Labute approximate surface area is 206 Å². The summed E-state index contributed by atoms with van der Waals surface area (Å²) in [5.41, 5.74) is 0.671. The molecule has 3 rings (SSSR count). The van der Waals surface area contributed by atoms with E-state index in [9.17, 15) is 40.5 Å². The Morgan fingerprint density at radius 2 is 1.69 bits per heavy atom. The van der Waals surface area contributed by atoms with Crippen molar-refractivity contribution in [1.82, 2.24) is 0 Å². The van der Waals surface area contributed by atoms with Gasteiger partial charge in [-0.15, -0.1) is 0 Å². The van der Waals surface area contributed by atoms with Crippen molar-refractivity contribution >= 4 is 5.97 Å². The molecule has 1 fully saturated rings. The standard InChI is InChI=1S/C24H30O12/c1-33-16-6-11(3-4-15(16)27)5-13(9-25)14-7-12(23(31)32)8-17(34-2)22(14)36-24-21(30)20(29)19(28)18(10-26)35-24/h3-4,6-8,13,18-21,24-30H,5,9-10H2,1-2H3,(H,31,32)/t13-,18+,19+,20-,21+,24-/m0/s1. The van der Waals surface area contributed by atoms with Crippen LogP contribution in [0.15, 0.2) is 30.3 Å². The Bertz CT molecular complexity index is 1060. The van der Waals surface area contributed by atoms with Crippen molar-refractivity contribution in [2.45, 2.75) is 43.0 Å². The molecule has 1 aliphatic rings. The van der Waals surface area contributed by atoms with E-state index in [1.807, 2.05) is 0 Å². The summed E-state index contributed by atoms with van der Waals surface area (Å²) >= 11 is 0. The summed E-state index contributed by atoms with van der Waals surface area (Å²) < 4.78 is 21.7. The zero-order chi connectivity index (χ0) is 26.6. The third kappa shape index (κ3) is 5.64. The number of ether oxygens (including phenoxy) is 4. The number of aromatic carboxylic acids is 1. The second kappa shape index (κ2) is 11.7. The predicted octanol–water partition coefficient (Wildman–Crippen LogP) is -0.395. The van der Waals surface area contributed by atoms with Gasteiger partial charge < -0.3 is 54.7 Å². The molecule has 1 aliphatic heterocycles. The molecule has 0 unspecified atom stereocenters. The summed E-state index contributed by atoms with van der Waals surface area (Å²) in [6.45, 7) is -1.13. The van der Waals surface area contributed by atoms with Crippen LogP contribution in [0, 0.1) is 0 Å². The lowest BCUT2D eigenvalue weighted by molar-refractivity contribution is -0.277. The number of aromatic hydroxyl groups is 1. The van der Waals surface area contributed by atoms with Gasteiger partial charge in [-0.05, 0) is 36.2 Å². The lowest BCUT2D eigenvalue weighted by Crippen LogP contribution is -2.60. The van der Waals surface area contributed by atoms with Crippen LogP contribution in [-0.4, -0.2) is 99.9 Å².